The second kappa shape index (κ2) is 7.00. The molecule has 0 aliphatic heterocycles. The van der Waals surface area contributed by atoms with Crippen molar-refractivity contribution in [1.82, 2.24) is 0 Å². The van der Waals surface area contributed by atoms with Crippen LogP contribution in [0.1, 0.15) is 6.92 Å². The minimum atomic E-state index is -3.64. The lowest BCUT2D eigenvalue weighted by Gasteiger charge is -2.10. The van der Waals surface area contributed by atoms with Crippen LogP contribution in [0, 0.1) is 0 Å². The number of carbonyl (C=O) groups is 2. The summed E-state index contributed by atoms with van der Waals surface area (Å²) in [7, 11) is 0. The van der Waals surface area contributed by atoms with Gasteiger partial charge in [-0.05, 0) is 23.3 Å². The van der Waals surface area contributed by atoms with E-state index in [1.54, 1.807) is 24.3 Å². The van der Waals surface area contributed by atoms with Crippen molar-refractivity contribution >= 4 is 11.9 Å². The number of benzene rings is 2. The van der Waals surface area contributed by atoms with Gasteiger partial charge in [0.15, 0.2) is 6.61 Å². The molecule has 2 aromatic carbocycles. The summed E-state index contributed by atoms with van der Waals surface area (Å²) in [5, 5.41) is 0. The van der Waals surface area contributed by atoms with Crippen molar-refractivity contribution in [2.24, 2.45) is 0 Å². The zero-order chi connectivity index (χ0) is 16.9. The van der Waals surface area contributed by atoms with Crippen molar-refractivity contribution in [3.8, 4) is 16.9 Å². The molecule has 0 saturated carbocycles. The Labute approximate surface area is 131 Å². The van der Waals surface area contributed by atoms with E-state index in [-0.39, 0.29) is 5.75 Å². The van der Waals surface area contributed by atoms with Gasteiger partial charge in [0.05, 0.1) is 0 Å². The molecule has 0 bridgehead atoms. The molecule has 6 heteroatoms. The summed E-state index contributed by atoms with van der Waals surface area (Å²) in [6.45, 7) is -0.480. The van der Waals surface area contributed by atoms with Gasteiger partial charge in [0.1, 0.15) is 5.75 Å². The van der Waals surface area contributed by atoms with Gasteiger partial charge in [0.2, 0.25) is 0 Å². The van der Waals surface area contributed by atoms with Crippen LogP contribution in [0.15, 0.2) is 54.6 Å². The van der Waals surface area contributed by atoms with Crippen LogP contribution in [0.5, 0.6) is 5.75 Å². The Morgan fingerprint density at radius 2 is 1.52 bits per heavy atom. The van der Waals surface area contributed by atoms with Gasteiger partial charge in [0.25, 0.3) is 0 Å². The molecule has 0 amide bonds. The van der Waals surface area contributed by atoms with Crippen molar-refractivity contribution in [3.05, 3.63) is 54.6 Å². The lowest BCUT2D eigenvalue weighted by molar-refractivity contribution is -0.173. The summed E-state index contributed by atoms with van der Waals surface area (Å²) in [6.07, 6.45) is 0. The molecular weight excluding hydrogens is 306 g/mol. The topological polar surface area (TPSA) is 52.6 Å². The summed E-state index contributed by atoms with van der Waals surface area (Å²) in [6, 6.07) is 16.2. The maximum atomic E-state index is 12.6. The Hall–Kier alpha value is -2.76. The molecule has 0 fully saturated rings. The van der Waals surface area contributed by atoms with E-state index in [0.717, 1.165) is 11.1 Å². The third-order valence-corrected chi connectivity index (χ3v) is 2.87. The molecule has 0 aromatic heterocycles. The average molecular weight is 320 g/mol. The minimum Gasteiger partial charge on any atom is -0.449 e. The number of rotatable bonds is 5. The largest absolute Gasteiger partial charge is 0.449 e. The predicted octanol–water partition coefficient (Wildman–Crippen LogP) is 3.46. The van der Waals surface area contributed by atoms with E-state index in [4.69, 9.17) is 4.74 Å². The first kappa shape index (κ1) is 16.6. The highest BCUT2D eigenvalue weighted by Gasteiger charge is 2.34. The van der Waals surface area contributed by atoms with Gasteiger partial charge in [-0.3, -0.25) is 0 Å². The summed E-state index contributed by atoms with van der Waals surface area (Å²) in [4.78, 5) is 22.3. The quantitative estimate of drug-likeness (QED) is 0.625. The predicted molar refractivity (Wildman–Crippen MR) is 79.1 cm³/mol. The van der Waals surface area contributed by atoms with Gasteiger partial charge in [0, 0.05) is 6.92 Å². The van der Waals surface area contributed by atoms with Crippen LogP contribution in [0.25, 0.3) is 11.1 Å². The van der Waals surface area contributed by atoms with Crippen LogP contribution >= 0.6 is 0 Å². The van der Waals surface area contributed by atoms with Crippen LogP contribution in [0.4, 0.5) is 8.78 Å². The second-order valence-electron chi connectivity index (χ2n) is 4.83. The number of halogens is 2. The maximum absolute atomic E-state index is 12.6. The molecule has 23 heavy (non-hydrogen) atoms. The SMILES string of the molecule is CC(F)(F)C(=O)OCC(=O)Oc1ccc(-c2ccccc2)cc1. The van der Waals surface area contributed by atoms with Crippen molar-refractivity contribution in [3.63, 3.8) is 0 Å². The summed E-state index contributed by atoms with van der Waals surface area (Å²) < 4.78 is 34.2. The molecule has 4 nitrogen and oxygen atoms in total. The Morgan fingerprint density at radius 3 is 2.09 bits per heavy atom. The van der Waals surface area contributed by atoms with Crippen molar-refractivity contribution < 1.29 is 27.8 Å². The number of ether oxygens (including phenoxy) is 2. The van der Waals surface area contributed by atoms with E-state index in [0.29, 0.717) is 6.92 Å². The Morgan fingerprint density at radius 1 is 0.957 bits per heavy atom. The molecule has 0 heterocycles. The molecule has 0 aliphatic rings. The first-order chi connectivity index (χ1) is 10.9. The van der Waals surface area contributed by atoms with Crippen LogP contribution in [0.3, 0.4) is 0 Å². The number of esters is 2. The fourth-order valence-electron chi connectivity index (χ4n) is 1.76. The first-order valence-electron chi connectivity index (χ1n) is 6.77. The monoisotopic (exact) mass is 320 g/mol. The van der Waals surface area contributed by atoms with Crippen molar-refractivity contribution in [1.29, 1.82) is 0 Å². The van der Waals surface area contributed by atoms with Gasteiger partial charge < -0.3 is 9.47 Å². The number of alkyl halides is 2. The molecule has 0 radical (unpaired) electrons. The van der Waals surface area contributed by atoms with Crippen LogP contribution in [-0.4, -0.2) is 24.5 Å². The molecule has 0 atom stereocenters. The van der Waals surface area contributed by atoms with Crippen LogP contribution in [0.2, 0.25) is 0 Å². The minimum absolute atomic E-state index is 0.231. The highest BCUT2D eigenvalue weighted by Crippen LogP contribution is 2.22. The summed E-state index contributed by atoms with van der Waals surface area (Å²) in [5.41, 5.74) is 1.94. The molecule has 2 rings (SSSR count). The molecular formula is C17H14F2O4. The fraction of sp³-hybridized carbons (Fsp3) is 0.176. The highest BCUT2D eigenvalue weighted by molar-refractivity contribution is 5.81. The Bertz CT molecular complexity index is 676. The van der Waals surface area contributed by atoms with Gasteiger partial charge >= 0.3 is 17.9 Å². The number of hydrogen-bond acceptors (Lipinski definition) is 4. The fourth-order valence-corrected chi connectivity index (χ4v) is 1.76. The Kier molecular flexibility index (Phi) is 5.05. The van der Waals surface area contributed by atoms with Gasteiger partial charge in [-0.2, -0.15) is 8.78 Å². The van der Waals surface area contributed by atoms with Gasteiger partial charge in [-0.15, -0.1) is 0 Å². The summed E-state index contributed by atoms with van der Waals surface area (Å²) in [5.74, 6) is -6.12. The van der Waals surface area contributed by atoms with E-state index in [2.05, 4.69) is 4.74 Å². The maximum Gasteiger partial charge on any atom is 0.377 e. The lowest BCUT2D eigenvalue weighted by atomic mass is 10.1. The summed E-state index contributed by atoms with van der Waals surface area (Å²) >= 11 is 0. The van der Waals surface area contributed by atoms with E-state index in [9.17, 15) is 18.4 Å². The first-order valence-corrected chi connectivity index (χ1v) is 6.77. The van der Waals surface area contributed by atoms with E-state index >= 15 is 0 Å². The normalized spacial score (nSPS) is 10.9. The van der Waals surface area contributed by atoms with Crippen molar-refractivity contribution in [2.45, 2.75) is 12.8 Å². The third kappa shape index (κ3) is 4.88. The van der Waals surface area contributed by atoms with Crippen LogP contribution < -0.4 is 4.74 Å². The molecule has 120 valence electrons. The average Bonchev–Trinajstić information content (AvgIpc) is 2.53. The van der Waals surface area contributed by atoms with Crippen LogP contribution in [-0.2, 0) is 14.3 Å². The molecule has 0 unspecified atom stereocenters. The molecule has 2 aromatic rings. The third-order valence-electron chi connectivity index (χ3n) is 2.87. The highest BCUT2D eigenvalue weighted by atomic mass is 19.3. The number of carbonyl (C=O) groups excluding carboxylic acids is 2. The molecule has 0 saturated heterocycles. The number of hydrogen-bond donors (Lipinski definition) is 0. The van der Waals surface area contributed by atoms with E-state index < -0.39 is 24.5 Å². The molecule has 0 spiro atoms. The zero-order valence-corrected chi connectivity index (χ0v) is 12.3. The van der Waals surface area contributed by atoms with Gasteiger partial charge in [-0.25, -0.2) is 9.59 Å². The van der Waals surface area contributed by atoms with E-state index in [1.165, 1.54) is 0 Å². The molecule has 0 N–H and O–H groups in total. The standard InChI is InChI=1S/C17H14F2O4/c1-17(18,19)16(21)22-11-15(20)23-14-9-7-13(8-10-14)12-5-3-2-4-6-12/h2-10H,11H2,1H3. The lowest BCUT2D eigenvalue weighted by Crippen LogP contribution is -2.30. The second-order valence-corrected chi connectivity index (χ2v) is 4.83. The van der Waals surface area contributed by atoms with Gasteiger partial charge in [-0.1, -0.05) is 42.5 Å². The smallest absolute Gasteiger partial charge is 0.377 e. The Balaban J connectivity index is 1.91. The zero-order valence-electron chi connectivity index (χ0n) is 12.3. The molecule has 0 aliphatic carbocycles. The van der Waals surface area contributed by atoms with Crippen molar-refractivity contribution in [2.75, 3.05) is 6.61 Å². The van der Waals surface area contributed by atoms with E-state index in [1.807, 2.05) is 30.3 Å².